The van der Waals surface area contributed by atoms with Crippen molar-refractivity contribution in [2.24, 2.45) is 17.3 Å². The quantitative estimate of drug-likeness (QED) is 0.471. The van der Waals surface area contributed by atoms with Crippen LogP contribution < -0.4 is 16.0 Å². The molecule has 3 atom stereocenters. The molecule has 2 aliphatic heterocycles. The van der Waals surface area contributed by atoms with E-state index < -0.39 is 0 Å². The standard InChI is InChI=1S/C25H35N7OS/c1-17(11-29-24-30-13-19(34-2)14-31-24)10-27-22-4-3-18(12-28-22)20-9-21(20)23(33)32-7-5-25(6-8-32)15-26-16-25/h3-4,12-14,17,20-21,26H,5-11,15-16H2,1-2H3,(H,27,28)(H,29,30,31)/t17-,20-,21+/m1/s1. The number of likely N-dealkylation sites (tertiary alicyclic amines) is 1. The molecule has 0 unspecified atom stereocenters. The Bertz CT molecular complexity index is 970. The first-order valence-electron chi connectivity index (χ1n) is 12.3. The number of nitrogens with one attached hydrogen (secondary N) is 3. The van der Waals surface area contributed by atoms with E-state index in [-0.39, 0.29) is 5.92 Å². The summed E-state index contributed by atoms with van der Waals surface area (Å²) < 4.78 is 0. The summed E-state index contributed by atoms with van der Waals surface area (Å²) in [6.45, 7) is 7.86. The number of hydrogen-bond donors (Lipinski definition) is 3. The van der Waals surface area contributed by atoms with Crippen LogP contribution in [0.15, 0.2) is 35.6 Å². The highest BCUT2D eigenvalue weighted by Gasteiger charge is 2.48. The van der Waals surface area contributed by atoms with Gasteiger partial charge in [-0.15, -0.1) is 11.8 Å². The summed E-state index contributed by atoms with van der Waals surface area (Å²) in [6, 6.07) is 4.16. The molecule has 0 aromatic carbocycles. The van der Waals surface area contributed by atoms with Gasteiger partial charge in [0.15, 0.2) is 0 Å². The number of carbonyl (C=O) groups is 1. The number of piperidine rings is 1. The van der Waals surface area contributed by atoms with Crippen molar-refractivity contribution >= 4 is 29.4 Å². The third kappa shape index (κ3) is 5.30. The maximum absolute atomic E-state index is 13.0. The van der Waals surface area contributed by atoms with Crippen LogP contribution in [-0.2, 0) is 4.79 Å². The van der Waals surface area contributed by atoms with Gasteiger partial charge in [0.2, 0.25) is 11.9 Å². The first-order chi connectivity index (χ1) is 16.5. The van der Waals surface area contributed by atoms with E-state index in [4.69, 9.17) is 0 Å². The second-order valence-corrected chi connectivity index (χ2v) is 11.0. The van der Waals surface area contributed by atoms with Crippen molar-refractivity contribution in [3.63, 3.8) is 0 Å². The summed E-state index contributed by atoms with van der Waals surface area (Å²) >= 11 is 1.63. The van der Waals surface area contributed by atoms with Crippen LogP contribution in [0, 0.1) is 17.3 Å². The number of thioether (sulfide) groups is 1. The molecule has 4 heterocycles. The molecule has 3 N–H and O–H groups in total. The Morgan fingerprint density at radius 3 is 2.50 bits per heavy atom. The van der Waals surface area contributed by atoms with E-state index in [0.29, 0.717) is 29.1 Å². The molecule has 1 amide bonds. The molecule has 3 fully saturated rings. The Kier molecular flexibility index (Phi) is 6.92. The molecule has 2 aromatic rings. The van der Waals surface area contributed by atoms with Gasteiger partial charge in [-0.1, -0.05) is 13.0 Å². The van der Waals surface area contributed by atoms with Crippen LogP contribution in [0.25, 0.3) is 0 Å². The van der Waals surface area contributed by atoms with E-state index in [9.17, 15) is 4.79 Å². The third-order valence-corrected chi connectivity index (χ3v) is 8.24. The molecule has 0 radical (unpaired) electrons. The summed E-state index contributed by atoms with van der Waals surface area (Å²) in [5, 5.41) is 10.1. The number of rotatable bonds is 9. The first-order valence-corrected chi connectivity index (χ1v) is 13.6. The highest BCUT2D eigenvalue weighted by atomic mass is 32.2. The molecule has 5 rings (SSSR count). The van der Waals surface area contributed by atoms with Gasteiger partial charge in [-0.2, -0.15) is 0 Å². The Balaban J connectivity index is 1.04. The van der Waals surface area contributed by atoms with Crippen LogP contribution in [0.3, 0.4) is 0 Å². The number of carbonyl (C=O) groups excluding carboxylic acids is 1. The lowest BCUT2D eigenvalue weighted by Gasteiger charge is -2.48. The van der Waals surface area contributed by atoms with Crippen LogP contribution in [0.2, 0.25) is 0 Å². The highest BCUT2D eigenvalue weighted by Crippen LogP contribution is 2.49. The Morgan fingerprint density at radius 1 is 1.15 bits per heavy atom. The fourth-order valence-electron chi connectivity index (χ4n) is 4.96. The zero-order valence-electron chi connectivity index (χ0n) is 20.1. The number of nitrogens with zero attached hydrogens (tertiary/aromatic N) is 4. The molecule has 0 bridgehead atoms. The van der Waals surface area contributed by atoms with E-state index in [1.807, 2.05) is 30.9 Å². The summed E-state index contributed by atoms with van der Waals surface area (Å²) in [7, 11) is 0. The number of hydrogen-bond acceptors (Lipinski definition) is 8. The molecule has 3 aliphatic rings. The van der Waals surface area contributed by atoms with E-state index in [1.165, 1.54) is 5.56 Å². The molecule has 34 heavy (non-hydrogen) atoms. The zero-order chi connectivity index (χ0) is 23.5. The van der Waals surface area contributed by atoms with Crippen LogP contribution in [0.5, 0.6) is 0 Å². The average molecular weight is 482 g/mol. The van der Waals surface area contributed by atoms with E-state index in [1.54, 1.807) is 11.8 Å². The van der Waals surface area contributed by atoms with Crippen molar-refractivity contribution < 1.29 is 4.79 Å². The van der Waals surface area contributed by atoms with Crippen molar-refractivity contribution in [2.75, 3.05) is 56.2 Å². The lowest BCUT2D eigenvalue weighted by atomic mass is 9.73. The van der Waals surface area contributed by atoms with E-state index >= 15 is 0 Å². The predicted octanol–water partition coefficient (Wildman–Crippen LogP) is 3.07. The van der Waals surface area contributed by atoms with Crippen LogP contribution in [0.4, 0.5) is 11.8 Å². The molecule has 2 saturated heterocycles. The topological polar surface area (TPSA) is 95.1 Å². The predicted molar refractivity (Wildman–Crippen MR) is 136 cm³/mol. The van der Waals surface area contributed by atoms with Gasteiger partial charge in [-0.25, -0.2) is 15.0 Å². The van der Waals surface area contributed by atoms with Gasteiger partial charge in [0.05, 0.1) is 0 Å². The maximum atomic E-state index is 13.0. The molecule has 1 saturated carbocycles. The molecule has 1 aliphatic carbocycles. The summed E-state index contributed by atoms with van der Waals surface area (Å²) in [5.41, 5.74) is 1.66. The van der Waals surface area contributed by atoms with E-state index in [2.05, 4.69) is 48.8 Å². The minimum absolute atomic E-state index is 0.146. The molecule has 8 nitrogen and oxygen atoms in total. The maximum Gasteiger partial charge on any atom is 0.226 e. The van der Waals surface area contributed by atoms with Gasteiger partial charge in [0, 0.05) is 68.7 Å². The van der Waals surface area contributed by atoms with Gasteiger partial charge in [0.1, 0.15) is 5.82 Å². The fourth-order valence-corrected chi connectivity index (χ4v) is 5.28. The number of pyridine rings is 1. The molecule has 9 heteroatoms. The van der Waals surface area contributed by atoms with Crippen LogP contribution >= 0.6 is 11.8 Å². The van der Waals surface area contributed by atoms with Crippen molar-refractivity contribution in [1.29, 1.82) is 0 Å². The van der Waals surface area contributed by atoms with Crippen molar-refractivity contribution in [1.82, 2.24) is 25.2 Å². The molecule has 182 valence electrons. The molecular formula is C25H35N7OS. The Hall–Kier alpha value is -2.39. The lowest BCUT2D eigenvalue weighted by molar-refractivity contribution is -0.135. The minimum atomic E-state index is 0.146. The van der Waals surface area contributed by atoms with Gasteiger partial charge in [-0.05, 0) is 54.4 Å². The largest absolute Gasteiger partial charge is 0.370 e. The van der Waals surface area contributed by atoms with Crippen LogP contribution in [0.1, 0.15) is 37.7 Å². The number of amides is 1. The lowest BCUT2D eigenvalue weighted by Crippen LogP contribution is -2.58. The van der Waals surface area contributed by atoms with Crippen LogP contribution in [-0.4, -0.2) is 71.3 Å². The first kappa shape index (κ1) is 23.4. The van der Waals surface area contributed by atoms with Crippen molar-refractivity contribution in [3.8, 4) is 0 Å². The highest BCUT2D eigenvalue weighted by molar-refractivity contribution is 7.98. The smallest absolute Gasteiger partial charge is 0.226 e. The monoisotopic (exact) mass is 481 g/mol. The number of aromatic nitrogens is 3. The molecular weight excluding hydrogens is 446 g/mol. The van der Waals surface area contributed by atoms with Gasteiger partial charge in [-0.3, -0.25) is 4.79 Å². The van der Waals surface area contributed by atoms with Crippen molar-refractivity contribution in [3.05, 3.63) is 36.3 Å². The van der Waals surface area contributed by atoms with Gasteiger partial charge < -0.3 is 20.9 Å². The zero-order valence-corrected chi connectivity index (χ0v) is 20.9. The van der Waals surface area contributed by atoms with Gasteiger partial charge in [0.25, 0.3) is 0 Å². The third-order valence-electron chi connectivity index (χ3n) is 7.56. The minimum Gasteiger partial charge on any atom is -0.370 e. The van der Waals surface area contributed by atoms with Gasteiger partial charge >= 0.3 is 0 Å². The number of anilines is 2. The summed E-state index contributed by atoms with van der Waals surface area (Å²) in [5.74, 6) is 2.74. The normalized spacial score (nSPS) is 23.8. The SMILES string of the molecule is CSc1cnc(NC[C@H](C)CNc2ccc([C@H]3C[C@@H]3C(=O)N3CCC4(CC3)CNC4)cn2)nc1. The molecule has 2 aromatic heterocycles. The summed E-state index contributed by atoms with van der Waals surface area (Å²) in [4.78, 5) is 29.4. The molecule has 1 spiro atoms. The fraction of sp³-hybridized carbons (Fsp3) is 0.600. The second-order valence-electron chi connectivity index (χ2n) is 10.2. The second kappa shape index (κ2) is 10.1. The van der Waals surface area contributed by atoms with E-state index in [0.717, 1.165) is 69.2 Å². The Morgan fingerprint density at radius 2 is 1.88 bits per heavy atom. The Labute approximate surface area is 206 Å². The summed E-state index contributed by atoms with van der Waals surface area (Å²) in [6.07, 6.45) is 10.9. The average Bonchev–Trinajstić information content (AvgIpc) is 3.66. The van der Waals surface area contributed by atoms with Crippen molar-refractivity contribution in [2.45, 2.75) is 37.0 Å².